The molecule has 0 radical (unpaired) electrons. The number of imidazole rings is 1. The van der Waals surface area contributed by atoms with E-state index in [0.717, 1.165) is 27.9 Å². The van der Waals surface area contributed by atoms with Gasteiger partial charge in [-0.2, -0.15) is 0 Å². The molecular formula is C23H19N3O3. The number of hydrogen-bond donors (Lipinski definition) is 3. The lowest BCUT2D eigenvalue weighted by atomic mass is 10.0. The van der Waals surface area contributed by atoms with Crippen LogP contribution in [0.4, 0.5) is 5.69 Å². The van der Waals surface area contributed by atoms with Gasteiger partial charge in [-0.15, -0.1) is 0 Å². The lowest BCUT2D eigenvalue weighted by Gasteiger charge is -2.10. The van der Waals surface area contributed by atoms with Gasteiger partial charge in [-0.25, -0.2) is 9.78 Å². The third-order valence-corrected chi connectivity index (χ3v) is 4.67. The number of aryl methyl sites for hydroxylation is 1. The van der Waals surface area contributed by atoms with Gasteiger partial charge >= 0.3 is 5.97 Å². The molecule has 3 N–H and O–H groups in total. The molecule has 0 fully saturated rings. The van der Waals surface area contributed by atoms with Crippen LogP contribution in [-0.4, -0.2) is 27.0 Å². The average molecular weight is 385 g/mol. The standard InChI is InChI=1S/C23H19N3O3/c1-13-11-18(23(28)29)21-20(12-13)25-22(26-21)16-9-7-15(8-10-16)17-5-3-4-6-19(17)24-14(2)27/h3-12H,1-2H3,(H,24,27)(H,25,26)(H,28,29). The molecule has 1 aromatic heterocycles. The van der Waals surface area contributed by atoms with E-state index in [2.05, 4.69) is 15.3 Å². The number of benzene rings is 3. The number of rotatable bonds is 4. The first-order valence-corrected chi connectivity index (χ1v) is 9.13. The van der Waals surface area contributed by atoms with Crippen LogP contribution < -0.4 is 5.32 Å². The first-order chi connectivity index (χ1) is 13.9. The number of nitrogens with zero attached hydrogens (tertiary/aromatic N) is 1. The normalized spacial score (nSPS) is 10.8. The maximum absolute atomic E-state index is 11.5. The molecule has 1 amide bonds. The zero-order valence-corrected chi connectivity index (χ0v) is 16.0. The molecule has 4 rings (SSSR count). The Labute approximate surface area is 167 Å². The molecule has 0 unspecified atom stereocenters. The molecule has 29 heavy (non-hydrogen) atoms. The Kier molecular flexibility index (Phi) is 4.60. The van der Waals surface area contributed by atoms with Gasteiger partial charge in [0.15, 0.2) is 0 Å². The highest BCUT2D eigenvalue weighted by atomic mass is 16.4. The summed E-state index contributed by atoms with van der Waals surface area (Å²) in [6.07, 6.45) is 0. The van der Waals surface area contributed by atoms with Crippen LogP contribution in [0.25, 0.3) is 33.5 Å². The first-order valence-electron chi connectivity index (χ1n) is 9.13. The van der Waals surface area contributed by atoms with Gasteiger partial charge in [-0.05, 0) is 36.2 Å². The molecule has 0 aliphatic rings. The second-order valence-electron chi connectivity index (χ2n) is 6.90. The summed E-state index contributed by atoms with van der Waals surface area (Å²) in [5.74, 6) is -0.516. The van der Waals surface area contributed by atoms with Crippen molar-refractivity contribution >= 4 is 28.6 Å². The molecule has 6 heteroatoms. The van der Waals surface area contributed by atoms with E-state index in [1.165, 1.54) is 6.92 Å². The minimum absolute atomic E-state index is 0.124. The topological polar surface area (TPSA) is 95.1 Å². The number of carbonyl (C=O) groups excluding carboxylic acids is 1. The van der Waals surface area contributed by atoms with Gasteiger partial charge < -0.3 is 15.4 Å². The van der Waals surface area contributed by atoms with Crippen LogP contribution in [-0.2, 0) is 4.79 Å². The molecule has 0 aliphatic carbocycles. The van der Waals surface area contributed by atoms with Gasteiger partial charge in [0.2, 0.25) is 5.91 Å². The molecule has 0 atom stereocenters. The molecule has 1 heterocycles. The van der Waals surface area contributed by atoms with Crippen molar-refractivity contribution in [2.45, 2.75) is 13.8 Å². The van der Waals surface area contributed by atoms with E-state index in [1.54, 1.807) is 6.07 Å². The Morgan fingerprint density at radius 2 is 1.69 bits per heavy atom. The summed E-state index contributed by atoms with van der Waals surface area (Å²) in [7, 11) is 0. The monoisotopic (exact) mass is 385 g/mol. The van der Waals surface area contributed by atoms with Crippen LogP contribution in [0, 0.1) is 6.92 Å². The molecule has 0 saturated carbocycles. The maximum atomic E-state index is 11.5. The van der Waals surface area contributed by atoms with E-state index in [-0.39, 0.29) is 11.5 Å². The third kappa shape index (κ3) is 3.60. The number of fused-ring (bicyclic) bond motifs is 1. The number of nitrogens with one attached hydrogen (secondary N) is 2. The summed E-state index contributed by atoms with van der Waals surface area (Å²) in [5.41, 5.74) is 5.64. The van der Waals surface area contributed by atoms with E-state index in [4.69, 9.17) is 0 Å². The summed E-state index contributed by atoms with van der Waals surface area (Å²) in [5, 5.41) is 12.3. The van der Waals surface area contributed by atoms with Gasteiger partial charge in [0.1, 0.15) is 11.3 Å². The van der Waals surface area contributed by atoms with E-state index in [0.29, 0.717) is 16.9 Å². The highest BCUT2D eigenvalue weighted by Crippen LogP contribution is 2.30. The molecule has 6 nitrogen and oxygen atoms in total. The summed E-state index contributed by atoms with van der Waals surface area (Å²) in [6.45, 7) is 3.34. The van der Waals surface area contributed by atoms with Gasteiger partial charge in [0, 0.05) is 23.7 Å². The largest absolute Gasteiger partial charge is 0.478 e. The molecule has 0 spiro atoms. The van der Waals surface area contributed by atoms with Crippen LogP contribution in [0.3, 0.4) is 0 Å². The fourth-order valence-electron chi connectivity index (χ4n) is 3.40. The number of para-hydroxylation sites is 1. The minimum atomic E-state index is -0.998. The Bertz CT molecular complexity index is 1240. The zero-order valence-electron chi connectivity index (χ0n) is 16.0. The van der Waals surface area contributed by atoms with Crippen LogP contribution in [0.2, 0.25) is 0 Å². The van der Waals surface area contributed by atoms with E-state index < -0.39 is 5.97 Å². The number of aromatic amines is 1. The van der Waals surface area contributed by atoms with Crippen LogP contribution >= 0.6 is 0 Å². The van der Waals surface area contributed by atoms with E-state index in [1.807, 2.05) is 61.5 Å². The Morgan fingerprint density at radius 3 is 2.38 bits per heavy atom. The number of amides is 1. The SMILES string of the molecule is CC(=O)Nc1ccccc1-c1ccc(-c2nc3c(C(=O)O)cc(C)cc3[nH]2)cc1. The van der Waals surface area contributed by atoms with Crippen molar-refractivity contribution in [2.24, 2.45) is 0 Å². The zero-order chi connectivity index (χ0) is 20.5. The van der Waals surface area contributed by atoms with Gasteiger partial charge in [-0.3, -0.25) is 4.79 Å². The Hall–Kier alpha value is -3.93. The van der Waals surface area contributed by atoms with Gasteiger partial charge in [-0.1, -0.05) is 42.5 Å². The van der Waals surface area contributed by atoms with Crippen LogP contribution in [0.1, 0.15) is 22.8 Å². The summed E-state index contributed by atoms with van der Waals surface area (Å²) < 4.78 is 0. The van der Waals surface area contributed by atoms with Crippen molar-refractivity contribution in [3.8, 4) is 22.5 Å². The fraction of sp³-hybridized carbons (Fsp3) is 0.0870. The average Bonchev–Trinajstić information content (AvgIpc) is 3.11. The molecule has 0 bridgehead atoms. The highest BCUT2D eigenvalue weighted by molar-refractivity contribution is 6.02. The fourth-order valence-corrected chi connectivity index (χ4v) is 3.40. The molecule has 4 aromatic rings. The number of carboxylic acid groups (broad SMARTS) is 1. The van der Waals surface area contributed by atoms with Crippen molar-refractivity contribution in [3.63, 3.8) is 0 Å². The quantitative estimate of drug-likeness (QED) is 0.467. The molecule has 0 aliphatic heterocycles. The number of aromatic nitrogens is 2. The van der Waals surface area contributed by atoms with Gasteiger partial charge in [0.25, 0.3) is 0 Å². The second-order valence-corrected chi connectivity index (χ2v) is 6.90. The number of anilines is 1. The molecule has 0 saturated heterocycles. The number of aromatic carboxylic acids is 1. The number of carbonyl (C=O) groups is 2. The minimum Gasteiger partial charge on any atom is -0.478 e. The number of carboxylic acids is 1. The predicted octanol–water partition coefficient (Wildman–Crippen LogP) is 4.86. The number of hydrogen-bond acceptors (Lipinski definition) is 3. The molecule has 144 valence electrons. The third-order valence-electron chi connectivity index (χ3n) is 4.67. The van der Waals surface area contributed by atoms with E-state index >= 15 is 0 Å². The van der Waals surface area contributed by atoms with Crippen molar-refractivity contribution in [3.05, 3.63) is 71.8 Å². The summed E-state index contributed by atoms with van der Waals surface area (Å²) in [4.78, 5) is 30.7. The van der Waals surface area contributed by atoms with E-state index in [9.17, 15) is 14.7 Å². The van der Waals surface area contributed by atoms with Crippen molar-refractivity contribution in [2.75, 3.05) is 5.32 Å². The summed E-state index contributed by atoms with van der Waals surface area (Å²) in [6, 6.07) is 18.9. The van der Waals surface area contributed by atoms with Crippen molar-refractivity contribution in [1.29, 1.82) is 0 Å². The lowest BCUT2D eigenvalue weighted by Crippen LogP contribution is -2.06. The Balaban J connectivity index is 1.73. The maximum Gasteiger partial charge on any atom is 0.337 e. The second kappa shape index (κ2) is 7.24. The van der Waals surface area contributed by atoms with Crippen LogP contribution in [0.5, 0.6) is 0 Å². The Morgan fingerprint density at radius 1 is 1.00 bits per heavy atom. The summed E-state index contributed by atoms with van der Waals surface area (Å²) >= 11 is 0. The number of H-pyrrole nitrogens is 1. The van der Waals surface area contributed by atoms with Gasteiger partial charge in [0.05, 0.1) is 11.1 Å². The molecular weight excluding hydrogens is 366 g/mol. The van der Waals surface area contributed by atoms with Crippen LogP contribution in [0.15, 0.2) is 60.7 Å². The smallest absolute Gasteiger partial charge is 0.337 e. The predicted molar refractivity (Wildman–Crippen MR) is 113 cm³/mol. The highest BCUT2D eigenvalue weighted by Gasteiger charge is 2.15. The van der Waals surface area contributed by atoms with Crippen molar-refractivity contribution in [1.82, 2.24) is 9.97 Å². The van der Waals surface area contributed by atoms with Crippen molar-refractivity contribution < 1.29 is 14.7 Å². The molecule has 3 aromatic carbocycles. The lowest BCUT2D eigenvalue weighted by molar-refractivity contribution is -0.114. The first kappa shape index (κ1) is 18.4.